The molecule has 0 amide bonds. The Balaban J connectivity index is 1.53. The van der Waals surface area contributed by atoms with E-state index in [9.17, 15) is 9.59 Å². The first-order valence-corrected chi connectivity index (χ1v) is 9.30. The summed E-state index contributed by atoms with van der Waals surface area (Å²) >= 11 is 5.80. The molecule has 0 aliphatic heterocycles. The predicted octanol–water partition coefficient (Wildman–Crippen LogP) is 4.67. The van der Waals surface area contributed by atoms with Crippen molar-refractivity contribution in [3.8, 4) is 17.2 Å². The maximum atomic E-state index is 12.1. The number of halogens is 1. The van der Waals surface area contributed by atoms with E-state index in [1.54, 1.807) is 62.6 Å². The second-order valence-electron chi connectivity index (χ2n) is 6.24. The summed E-state index contributed by atoms with van der Waals surface area (Å²) in [6.07, 6.45) is -0.744. The van der Waals surface area contributed by atoms with E-state index >= 15 is 0 Å². The second kappa shape index (κ2) is 9.34. The summed E-state index contributed by atoms with van der Waals surface area (Å²) < 4.78 is 16.0. The molecule has 3 rings (SSSR count). The van der Waals surface area contributed by atoms with Gasteiger partial charge in [-0.1, -0.05) is 11.6 Å². The monoisotopic (exact) mass is 414 g/mol. The molecule has 29 heavy (non-hydrogen) atoms. The molecule has 1 heterocycles. The molecule has 2 aromatic carbocycles. The van der Waals surface area contributed by atoms with Crippen molar-refractivity contribution in [3.05, 3.63) is 65.0 Å². The van der Waals surface area contributed by atoms with E-state index in [0.29, 0.717) is 22.2 Å². The summed E-state index contributed by atoms with van der Waals surface area (Å²) in [7, 11) is 1.58. The summed E-state index contributed by atoms with van der Waals surface area (Å²) in [5.74, 6) is 0.510. The van der Waals surface area contributed by atoms with E-state index in [2.05, 4.69) is 10.2 Å². The molecule has 150 valence electrons. The van der Waals surface area contributed by atoms with Crippen LogP contribution in [0.15, 0.2) is 52.9 Å². The first kappa shape index (κ1) is 20.5. The Labute approximate surface area is 172 Å². The third-order valence-electron chi connectivity index (χ3n) is 4.16. The third-order valence-corrected chi connectivity index (χ3v) is 4.41. The Morgan fingerprint density at radius 1 is 1.03 bits per heavy atom. The summed E-state index contributed by atoms with van der Waals surface area (Å²) in [6, 6.07) is 13.6. The lowest BCUT2D eigenvalue weighted by Gasteiger charge is -2.09. The molecule has 0 bridgehead atoms. The highest BCUT2D eigenvalue weighted by atomic mass is 35.5. The molecule has 3 aromatic rings. The average Bonchev–Trinajstić information content (AvgIpc) is 3.23. The Morgan fingerprint density at radius 3 is 2.38 bits per heavy atom. The van der Waals surface area contributed by atoms with E-state index in [-0.39, 0.29) is 24.5 Å². The largest absolute Gasteiger partial charge is 0.497 e. The normalized spacial score (nSPS) is 11.7. The fraction of sp³-hybridized carbons (Fsp3) is 0.238. The SMILES string of the molecule is COc1ccc(-c2nnc([C@H](C)OC(=O)CCC(=O)c3ccc(Cl)cc3)o2)cc1. The van der Waals surface area contributed by atoms with Crippen molar-refractivity contribution in [1.29, 1.82) is 0 Å². The highest BCUT2D eigenvalue weighted by Gasteiger charge is 2.20. The van der Waals surface area contributed by atoms with Gasteiger partial charge in [-0.15, -0.1) is 10.2 Å². The third kappa shape index (κ3) is 5.42. The molecule has 0 radical (unpaired) electrons. The van der Waals surface area contributed by atoms with Crippen molar-refractivity contribution in [2.75, 3.05) is 7.11 Å². The van der Waals surface area contributed by atoms with Crippen molar-refractivity contribution in [2.45, 2.75) is 25.9 Å². The van der Waals surface area contributed by atoms with E-state index in [0.717, 1.165) is 5.56 Å². The smallest absolute Gasteiger partial charge is 0.307 e. The van der Waals surface area contributed by atoms with Crippen LogP contribution in [0.25, 0.3) is 11.5 Å². The van der Waals surface area contributed by atoms with Gasteiger partial charge in [-0.05, 0) is 55.5 Å². The zero-order chi connectivity index (χ0) is 20.8. The van der Waals surface area contributed by atoms with Crippen LogP contribution in [0.2, 0.25) is 5.02 Å². The average molecular weight is 415 g/mol. The molecule has 0 aliphatic rings. The number of carbonyl (C=O) groups is 2. The molecule has 0 saturated carbocycles. The number of ether oxygens (including phenoxy) is 2. The number of ketones is 1. The van der Waals surface area contributed by atoms with Gasteiger partial charge >= 0.3 is 5.97 Å². The lowest BCUT2D eigenvalue weighted by atomic mass is 10.1. The number of hydrogen-bond donors (Lipinski definition) is 0. The summed E-state index contributed by atoms with van der Waals surface area (Å²) in [5.41, 5.74) is 1.22. The topological polar surface area (TPSA) is 91.5 Å². The fourth-order valence-corrected chi connectivity index (χ4v) is 2.68. The minimum Gasteiger partial charge on any atom is -0.497 e. The van der Waals surface area contributed by atoms with Gasteiger partial charge in [0.25, 0.3) is 5.89 Å². The van der Waals surface area contributed by atoms with Crippen LogP contribution in [0.1, 0.15) is 42.1 Å². The van der Waals surface area contributed by atoms with Gasteiger partial charge in [0.1, 0.15) is 5.75 Å². The predicted molar refractivity (Wildman–Crippen MR) is 106 cm³/mol. The second-order valence-corrected chi connectivity index (χ2v) is 6.67. The molecule has 7 nitrogen and oxygen atoms in total. The maximum absolute atomic E-state index is 12.1. The first-order chi connectivity index (χ1) is 14.0. The van der Waals surface area contributed by atoms with Crippen LogP contribution in [-0.4, -0.2) is 29.1 Å². The summed E-state index contributed by atoms with van der Waals surface area (Å²) in [4.78, 5) is 24.2. The first-order valence-electron chi connectivity index (χ1n) is 8.92. The van der Waals surface area contributed by atoms with Gasteiger partial charge in [0.15, 0.2) is 11.9 Å². The molecule has 1 aromatic heterocycles. The molecule has 0 unspecified atom stereocenters. The van der Waals surface area contributed by atoms with Gasteiger partial charge < -0.3 is 13.9 Å². The Hall–Kier alpha value is -3.19. The van der Waals surface area contributed by atoms with Crippen LogP contribution in [0, 0.1) is 0 Å². The van der Waals surface area contributed by atoms with E-state index in [1.165, 1.54) is 0 Å². The number of esters is 1. The van der Waals surface area contributed by atoms with Crippen LogP contribution >= 0.6 is 11.6 Å². The number of carbonyl (C=O) groups excluding carboxylic acids is 2. The lowest BCUT2D eigenvalue weighted by molar-refractivity contribution is -0.149. The van der Waals surface area contributed by atoms with Gasteiger partial charge in [0.2, 0.25) is 5.89 Å². The van der Waals surface area contributed by atoms with Gasteiger partial charge in [-0.3, -0.25) is 9.59 Å². The molecule has 8 heteroatoms. The Bertz CT molecular complexity index is 983. The van der Waals surface area contributed by atoms with Gasteiger partial charge in [0, 0.05) is 22.6 Å². The Kier molecular flexibility index (Phi) is 6.61. The fourth-order valence-electron chi connectivity index (χ4n) is 2.55. The maximum Gasteiger partial charge on any atom is 0.307 e. The molecule has 0 aliphatic carbocycles. The van der Waals surface area contributed by atoms with Crippen molar-refractivity contribution in [3.63, 3.8) is 0 Å². The van der Waals surface area contributed by atoms with Crippen LogP contribution in [0.5, 0.6) is 5.75 Å². The van der Waals surface area contributed by atoms with Crippen LogP contribution in [0.4, 0.5) is 0 Å². The van der Waals surface area contributed by atoms with Crippen molar-refractivity contribution in [1.82, 2.24) is 10.2 Å². The summed E-state index contributed by atoms with van der Waals surface area (Å²) in [5, 5.41) is 8.46. The zero-order valence-electron chi connectivity index (χ0n) is 15.9. The number of rotatable bonds is 8. The lowest BCUT2D eigenvalue weighted by Crippen LogP contribution is -2.11. The van der Waals surface area contributed by atoms with E-state index < -0.39 is 12.1 Å². The number of hydrogen-bond acceptors (Lipinski definition) is 7. The molecule has 0 saturated heterocycles. The highest BCUT2D eigenvalue weighted by molar-refractivity contribution is 6.30. The van der Waals surface area contributed by atoms with Crippen LogP contribution < -0.4 is 4.74 Å². The number of nitrogens with zero attached hydrogens (tertiary/aromatic N) is 2. The molecule has 0 fully saturated rings. The van der Waals surface area contributed by atoms with Crippen molar-refractivity contribution >= 4 is 23.4 Å². The van der Waals surface area contributed by atoms with Crippen LogP contribution in [0.3, 0.4) is 0 Å². The number of aromatic nitrogens is 2. The van der Waals surface area contributed by atoms with E-state index in [1.807, 2.05) is 0 Å². The highest BCUT2D eigenvalue weighted by Crippen LogP contribution is 2.24. The zero-order valence-corrected chi connectivity index (χ0v) is 16.7. The molecular formula is C21H19ClN2O5. The minimum atomic E-state index is -0.729. The van der Waals surface area contributed by atoms with Crippen molar-refractivity contribution in [2.24, 2.45) is 0 Å². The standard InChI is InChI=1S/C21H19ClN2O5/c1-13(20-23-24-21(29-20)15-5-9-17(27-2)10-6-15)28-19(26)12-11-18(25)14-3-7-16(22)8-4-14/h3-10,13H,11-12H2,1-2H3/t13-/m0/s1. The minimum absolute atomic E-state index is 0.0358. The number of methoxy groups -OCH3 is 1. The Morgan fingerprint density at radius 2 is 1.72 bits per heavy atom. The molecular weight excluding hydrogens is 396 g/mol. The number of benzene rings is 2. The molecule has 0 N–H and O–H groups in total. The summed E-state index contributed by atoms with van der Waals surface area (Å²) in [6.45, 7) is 1.63. The van der Waals surface area contributed by atoms with Crippen molar-refractivity contribution < 1.29 is 23.5 Å². The number of Topliss-reactive ketones (excluding diaryl/α,β-unsaturated/α-hetero) is 1. The van der Waals surface area contributed by atoms with E-state index in [4.69, 9.17) is 25.5 Å². The van der Waals surface area contributed by atoms with Gasteiger partial charge in [-0.25, -0.2) is 0 Å². The molecule has 0 spiro atoms. The van der Waals surface area contributed by atoms with Gasteiger partial charge in [-0.2, -0.15) is 0 Å². The van der Waals surface area contributed by atoms with Gasteiger partial charge in [0.05, 0.1) is 13.5 Å². The van der Waals surface area contributed by atoms with Crippen LogP contribution in [-0.2, 0) is 9.53 Å². The molecule has 1 atom stereocenters. The quantitative estimate of drug-likeness (QED) is 0.390.